The molecule has 1 aromatic carbocycles. The molecule has 0 saturated heterocycles. The van der Waals surface area contributed by atoms with Crippen molar-refractivity contribution in [1.29, 1.82) is 0 Å². The third kappa shape index (κ3) is 3.57. The van der Waals surface area contributed by atoms with Gasteiger partial charge in [-0.3, -0.25) is 0 Å². The number of rotatable bonds is 6. The second-order valence-electron chi connectivity index (χ2n) is 5.98. The van der Waals surface area contributed by atoms with E-state index in [1.807, 2.05) is 11.3 Å². The molecule has 2 aromatic rings. The number of fused-ring (bicyclic) bond motifs is 1. The van der Waals surface area contributed by atoms with Crippen molar-refractivity contribution in [1.82, 2.24) is 10.3 Å². The van der Waals surface area contributed by atoms with Gasteiger partial charge >= 0.3 is 0 Å². The lowest BCUT2D eigenvalue weighted by atomic mass is 9.95. The minimum absolute atomic E-state index is 0.251. The zero-order valence-corrected chi connectivity index (χ0v) is 13.9. The zero-order chi connectivity index (χ0) is 15.4. The molecule has 4 heteroatoms. The molecule has 3 nitrogen and oxygen atoms in total. The van der Waals surface area contributed by atoms with Gasteiger partial charge in [-0.15, -0.1) is 11.3 Å². The quantitative estimate of drug-likeness (QED) is 0.848. The molecule has 1 aliphatic rings. The van der Waals surface area contributed by atoms with E-state index in [1.165, 1.54) is 34.0 Å². The number of nitrogens with zero attached hydrogens (tertiary/aromatic N) is 1. The van der Waals surface area contributed by atoms with Crippen molar-refractivity contribution in [2.75, 3.05) is 6.61 Å². The summed E-state index contributed by atoms with van der Waals surface area (Å²) in [5.41, 5.74) is 2.60. The highest BCUT2D eigenvalue weighted by atomic mass is 32.1. The van der Waals surface area contributed by atoms with Gasteiger partial charge in [-0.1, -0.05) is 30.3 Å². The van der Waals surface area contributed by atoms with Crippen LogP contribution < -0.4 is 5.32 Å². The Bertz CT molecular complexity index is 596. The van der Waals surface area contributed by atoms with Gasteiger partial charge in [-0.25, -0.2) is 4.98 Å². The fraction of sp³-hybridized carbons (Fsp3) is 0.500. The largest absolute Gasteiger partial charge is 0.396 e. The Morgan fingerprint density at radius 2 is 2.18 bits per heavy atom. The minimum atomic E-state index is 0.251. The summed E-state index contributed by atoms with van der Waals surface area (Å²) in [7, 11) is 0. The summed E-state index contributed by atoms with van der Waals surface area (Å²) in [6.45, 7) is 2.35. The summed E-state index contributed by atoms with van der Waals surface area (Å²) in [4.78, 5) is 6.11. The predicted molar refractivity (Wildman–Crippen MR) is 91.2 cm³/mol. The monoisotopic (exact) mass is 316 g/mol. The van der Waals surface area contributed by atoms with E-state index in [2.05, 4.69) is 47.6 Å². The summed E-state index contributed by atoms with van der Waals surface area (Å²) < 4.78 is 0. The van der Waals surface area contributed by atoms with Crippen LogP contribution >= 0.6 is 11.3 Å². The maximum atomic E-state index is 9.19. The molecule has 1 heterocycles. The van der Waals surface area contributed by atoms with Crippen LogP contribution in [0.15, 0.2) is 30.3 Å². The molecule has 2 unspecified atom stereocenters. The predicted octanol–water partition coefficient (Wildman–Crippen LogP) is 3.93. The number of aliphatic hydroxyl groups is 1. The first kappa shape index (κ1) is 15.7. The Labute approximate surface area is 136 Å². The molecule has 0 aliphatic heterocycles. The zero-order valence-electron chi connectivity index (χ0n) is 13.1. The van der Waals surface area contributed by atoms with E-state index in [0.717, 1.165) is 19.3 Å². The van der Waals surface area contributed by atoms with Gasteiger partial charge in [0.05, 0.1) is 10.7 Å². The number of hydrogen-bond acceptors (Lipinski definition) is 4. The molecule has 118 valence electrons. The van der Waals surface area contributed by atoms with E-state index in [0.29, 0.717) is 12.1 Å². The molecule has 22 heavy (non-hydrogen) atoms. The summed E-state index contributed by atoms with van der Waals surface area (Å²) in [6, 6.07) is 11.3. The first-order valence-electron chi connectivity index (χ1n) is 8.16. The SMILES string of the molecule is Cc1nc2c(s1)C(NC(CCCO)c1ccccc1)CCC2. The molecule has 0 fully saturated rings. The van der Waals surface area contributed by atoms with Crippen molar-refractivity contribution >= 4 is 11.3 Å². The molecule has 2 N–H and O–H groups in total. The van der Waals surface area contributed by atoms with Crippen molar-refractivity contribution in [3.05, 3.63) is 51.5 Å². The van der Waals surface area contributed by atoms with E-state index in [1.54, 1.807) is 0 Å². The van der Waals surface area contributed by atoms with E-state index in [4.69, 9.17) is 0 Å². The van der Waals surface area contributed by atoms with E-state index < -0.39 is 0 Å². The average molecular weight is 316 g/mol. The van der Waals surface area contributed by atoms with Crippen molar-refractivity contribution in [2.45, 2.75) is 51.1 Å². The Kier molecular flexibility index (Phi) is 5.24. The number of aliphatic hydroxyl groups excluding tert-OH is 1. The topological polar surface area (TPSA) is 45.2 Å². The van der Waals surface area contributed by atoms with Crippen LogP contribution in [0.2, 0.25) is 0 Å². The maximum Gasteiger partial charge on any atom is 0.0900 e. The van der Waals surface area contributed by atoms with Gasteiger partial charge < -0.3 is 10.4 Å². The van der Waals surface area contributed by atoms with Gasteiger partial charge in [0.25, 0.3) is 0 Å². The molecule has 2 atom stereocenters. The lowest BCUT2D eigenvalue weighted by Gasteiger charge is -2.28. The number of benzene rings is 1. The Morgan fingerprint density at radius 1 is 1.36 bits per heavy atom. The Hall–Kier alpha value is -1.23. The molecule has 0 radical (unpaired) electrons. The van der Waals surface area contributed by atoms with Crippen molar-refractivity contribution in [2.24, 2.45) is 0 Å². The fourth-order valence-corrected chi connectivity index (χ4v) is 4.34. The average Bonchev–Trinajstić information content (AvgIpc) is 2.93. The van der Waals surface area contributed by atoms with Gasteiger partial charge in [-0.2, -0.15) is 0 Å². The van der Waals surface area contributed by atoms with Crippen LogP contribution in [0.5, 0.6) is 0 Å². The standard InChI is InChI=1S/C18H24N2OS/c1-13-19-16-9-5-10-17(18(16)22-13)20-15(11-6-12-21)14-7-3-2-4-8-14/h2-4,7-8,15,17,20-21H,5-6,9-12H2,1H3. The molecule has 1 aliphatic carbocycles. The number of aryl methyl sites for hydroxylation is 2. The van der Waals surface area contributed by atoms with Gasteiger partial charge in [0, 0.05) is 23.6 Å². The molecule has 0 saturated carbocycles. The summed E-state index contributed by atoms with van der Waals surface area (Å²) in [5.74, 6) is 0. The lowest BCUT2D eigenvalue weighted by Crippen LogP contribution is -2.28. The Morgan fingerprint density at radius 3 is 2.95 bits per heavy atom. The Balaban J connectivity index is 1.79. The van der Waals surface area contributed by atoms with Crippen molar-refractivity contribution < 1.29 is 5.11 Å². The minimum Gasteiger partial charge on any atom is -0.396 e. The van der Waals surface area contributed by atoms with Crippen LogP contribution in [-0.4, -0.2) is 16.7 Å². The number of aromatic nitrogens is 1. The van der Waals surface area contributed by atoms with Crippen LogP contribution in [0.3, 0.4) is 0 Å². The molecule has 0 amide bonds. The molecular weight excluding hydrogens is 292 g/mol. The highest BCUT2D eigenvalue weighted by Gasteiger charge is 2.26. The van der Waals surface area contributed by atoms with Crippen molar-refractivity contribution in [3.8, 4) is 0 Å². The van der Waals surface area contributed by atoms with Crippen LogP contribution in [0, 0.1) is 6.92 Å². The second-order valence-corrected chi connectivity index (χ2v) is 7.22. The van der Waals surface area contributed by atoms with Gasteiger partial charge in [0.15, 0.2) is 0 Å². The van der Waals surface area contributed by atoms with Gasteiger partial charge in [-0.05, 0) is 44.6 Å². The maximum absolute atomic E-state index is 9.19. The van der Waals surface area contributed by atoms with E-state index in [9.17, 15) is 5.11 Å². The molecular formula is C18H24N2OS. The third-order valence-electron chi connectivity index (χ3n) is 4.31. The molecule has 0 spiro atoms. The smallest absolute Gasteiger partial charge is 0.0900 e. The number of nitrogens with one attached hydrogen (secondary N) is 1. The van der Waals surface area contributed by atoms with Crippen LogP contribution in [0.1, 0.15) is 58.9 Å². The van der Waals surface area contributed by atoms with Crippen molar-refractivity contribution in [3.63, 3.8) is 0 Å². The molecule has 3 rings (SSSR count). The normalized spacial score (nSPS) is 18.9. The first-order chi connectivity index (χ1) is 10.8. The molecule has 1 aromatic heterocycles. The lowest BCUT2D eigenvalue weighted by molar-refractivity contribution is 0.270. The van der Waals surface area contributed by atoms with Crippen LogP contribution in [0.4, 0.5) is 0 Å². The van der Waals surface area contributed by atoms with Crippen LogP contribution in [-0.2, 0) is 6.42 Å². The van der Waals surface area contributed by atoms with Gasteiger partial charge in [0.1, 0.15) is 0 Å². The highest BCUT2D eigenvalue weighted by Crippen LogP contribution is 2.36. The molecule has 0 bridgehead atoms. The summed E-state index contributed by atoms with van der Waals surface area (Å²) >= 11 is 1.84. The van der Waals surface area contributed by atoms with Crippen LogP contribution in [0.25, 0.3) is 0 Å². The number of hydrogen-bond donors (Lipinski definition) is 2. The fourth-order valence-electron chi connectivity index (χ4n) is 3.27. The highest BCUT2D eigenvalue weighted by molar-refractivity contribution is 7.11. The van der Waals surface area contributed by atoms with Gasteiger partial charge in [0.2, 0.25) is 0 Å². The first-order valence-corrected chi connectivity index (χ1v) is 8.97. The summed E-state index contributed by atoms with van der Waals surface area (Å²) in [5, 5.41) is 14.2. The van der Waals surface area contributed by atoms with E-state index in [-0.39, 0.29) is 6.61 Å². The third-order valence-corrected chi connectivity index (χ3v) is 5.44. The second kappa shape index (κ2) is 7.36. The summed E-state index contributed by atoms with van der Waals surface area (Å²) in [6.07, 6.45) is 5.29. The number of thiazole rings is 1. The van der Waals surface area contributed by atoms with E-state index >= 15 is 0 Å².